The lowest BCUT2D eigenvalue weighted by molar-refractivity contribution is -0.122. The van der Waals surface area contributed by atoms with Crippen LogP contribution >= 0.6 is 0 Å². The van der Waals surface area contributed by atoms with Gasteiger partial charge >= 0.3 is 0 Å². The highest BCUT2D eigenvalue weighted by Gasteiger charge is 2.36. The summed E-state index contributed by atoms with van der Waals surface area (Å²) in [4.78, 5) is 47.5. The maximum Gasteiger partial charge on any atom is 0.280 e. The van der Waals surface area contributed by atoms with E-state index in [2.05, 4.69) is 24.1 Å². The third kappa shape index (κ3) is 3.93. The second-order valence-electron chi connectivity index (χ2n) is 8.18. The number of aromatic nitrogens is 3. The zero-order chi connectivity index (χ0) is 22.1. The molecule has 1 aromatic carbocycles. The molecule has 1 aliphatic rings. The normalized spacial score (nSPS) is 14.4. The van der Waals surface area contributed by atoms with E-state index in [0.29, 0.717) is 5.92 Å². The first kappa shape index (κ1) is 20.7. The lowest BCUT2D eigenvalue weighted by atomic mass is 10.0. The summed E-state index contributed by atoms with van der Waals surface area (Å²) in [6, 6.07) is 10.8. The fourth-order valence-electron chi connectivity index (χ4n) is 3.97. The summed E-state index contributed by atoms with van der Waals surface area (Å²) < 4.78 is 2.00. The minimum absolute atomic E-state index is 0.0107. The van der Waals surface area contributed by atoms with Crippen LogP contribution in [0.5, 0.6) is 0 Å². The zero-order valence-corrected chi connectivity index (χ0v) is 17.8. The first-order valence-corrected chi connectivity index (χ1v) is 10.4. The molecule has 1 atom stereocenters. The minimum atomic E-state index is -0.456. The molecule has 31 heavy (non-hydrogen) atoms. The number of nitrogens with one attached hydrogen (secondary N) is 1. The van der Waals surface area contributed by atoms with E-state index in [1.54, 1.807) is 12.1 Å². The number of carbonyl (C=O) groups is 3. The quantitative estimate of drug-likeness (QED) is 0.594. The van der Waals surface area contributed by atoms with E-state index in [1.165, 1.54) is 6.20 Å². The summed E-state index contributed by atoms with van der Waals surface area (Å²) in [5.74, 6) is 0.0280. The monoisotopic (exact) mass is 419 g/mol. The molecule has 0 bridgehead atoms. The first-order valence-electron chi connectivity index (χ1n) is 10.4. The number of fused-ring (bicyclic) bond motifs is 2. The van der Waals surface area contributed by atoms with E-state index < -0.39 is 11.8 Å². The van der Waals surface area contributed by atoms with Gasteiger partial charge in [-0.05, 0) is 36.6 Å². The highest BCUT2D eigenvalue weighted by atomic mass is 16.2. The van der Waals surface area contributed by atoms with E-state index in [9.17, 15) is 14.4 Å². The molecule has 3 heterocycles. The Morgan fingerprint density at radius 2 is 1.87 bits per heavy atom. The number of pyridine rings is 1. The number of hydrogen-bond donors (Lipinski definition) is 1. The van der Waals surface area contributed by atoms with Crippen LogP contribution < -0.4 is 5.32 Å². The third-order valence-electron chi connectivity index (χ3n) is 5.47. The maximum absolute atomic E-state index is 12.8. The van der Waals surface area contributed by atoms with Crippen LogP contribution in [0.25, 0.3) is 11.0 Å². The van der Waals surface area contributed by atoms with Crippen molar-refractivity contribution < 1.29 is 14.4 Å². The van der Waals surface area contributed by atoms with Crippen molar-refractivity contribution in [2.24, 2.45) is 13.0 Å². The molecule has 4 rings (SSSR count). The van der Waals surface area contributed by atoms with Gasteiger partial charge in [-0.15, -0.1) is 0 Å². The SMILES string of the molecule is CC(C)C[C@@H](NC(=O)CCN1C(=O)c2cccnc2C1=O)c1nc2ccccc2n1C. The molecule has 8 heteroatoms. The number of imide groups is 1. The van der Waals surface area contributed by atoms with Crippen molar-refractivity contribution >= 4 is 28.8 Å². The number of amides is 3. The Morgan fingerprint density at radius 1 is 1.10 bits per heavy atom. The lowest BCUT2D eigenvalue weighted by Gasteiger charge is -2.21. The molecule has 1 aliphatic heterocycles. The number of nitrogens with zero attached hydrogens (tertiary/aromatic N) is 4. The minimum Gasteiger partial charge on any atom is -0.346 e. The lowest BCUT2D eigenvalue weighted by Crippen LogP contribution is -2.36. The fraction of sp³-hybridized carbons (Fsp3) is 0.348. The fourth-order valence-corrected chi connectivity index (χ4v) is 3.97. The number of imidazole rings is 1. The molecule has 0 spiro atoms. The molecule has 2 aromatic heterocycles. The summed E-state index contributed by atoms with van der Waals surface area (Å²) in [5, 5.41) is 3.05. The van der Waals surface area contributed by atoms with E-state index in [1.807, 2.05) is 35.9 Å². The average molecular weight is 419 g/mol. The Bertz CT molecular complexity index is 1130. The molecule has 0 radical (unpaired) electrons. The number of benzene rings is 1. The van der Waals surface area contributed by atoms with Crippen LogP contribution in [0.1, 0.15) is 59.4 Å². The summed E-state index contributed by atoms with van der Waals surface area (Å²) in [6.45, 7) is 4.19. The van der Waals surface area contributed by atoms with Crippen LogP contribution in [0.15, 0.2) is 42.6 Å². The summed E-state index contributed by atoms with van der Waals surface area (Å²) >= 11 is 0. The molecular formula is C23H25N5O3. The Kier molecular flexibility index (Phi) is 5.54. The molecule has 160 valence electrons. The molecule has 0 aliphatic carbocycles. The van der Waals surface area contributed by atoms with Crippen molar-refractivity contribution in [3.63, 3.8) is 0 Å². The van der Waals surface area contributed by atoms with Crippen molar-refractivity contribution in [1.82, 2.24) is 24.8 Å². The Labute approximate surface area is 180 Å². The second-order valence-corrected chi connectivity index (χ2v) is 8.18. The van der Waals surface area contributed by atoms with Gasteiger partial charge < -0.3 is 9.88 Å². The number of para-hydroxylation sites is 2. The standard InChI is InChI=1S/C23H25N5O3/c1-14(2)13-17(21-26-16-8-4-5-9-18(16)27(21)3)25-19(29)10-12-28-22(30)15-7-6-11-24-20(15)23(28)31/h4-9,11,14,17H,10,12-13H2,1-3H3,(H,25,29)/t17-/m1/s1. The molecule has 0 saturated carbocycles. The third-order valence-corrected chi connectivity index (χ3v) is 5.47. The Balaban J connectivity index is 1.47. The van der Waals surface area contributed by atoms with Crippen LogP contribution in [0, 0.1) is 5.92 Å². The van der Waals surface area contributed by atoms with Gasteiger partial charge in [0.15, 0.2) is 0 Å². The van der Waals surface area contributed by atoms with Crippen LogP contribution in [0.3, 0.4) is 0 Å². The van der Waals surface area contributed by atoms with Crippen molar-refractivity contribution in [2.75, 3.05) is 6.54 Å². The zero-order valence-electron chi connectivity index (χ0n) is 17.8. The van der Waals surface area contributed by atoms with Gasteiger partial charge in [-0.1, -0.05) is 26.0 Å². The molecule has 0 saturated heterocycles. The van der Waals surface area contributed by atoms with Crippen LogP contribution in [-0.2, 0) is 11.8 Å². The van der Waals surface area contributed by atoms with Crippen LogP contribution in [0.4, 0.5) is 0 Å². The van der Waals surface area contributed by atoms with Gasteiger partial charge in [-0.2, -0.15) is 0 Å². The van der Waals surface area contributed by atoms with Gasteiger partial charge in [0.1, 0.15) is 11.5 Å². The predicted octanol–water partition coefficient (Wildman–Crippen LogP) is 2.86. The van der Waals surface area contributed by atoms with Crippen molar-refractivity contribution in [3.8, 4) is 0 Å². The highest BCUT2D eigenvalue weighted by Crippen LogP contribution is 2.25. The molecular weight excluding hydrogens is 394 g/mol. The first-order chi connectivity index (χ1) is 14.9. The van der Waals surface area contributed by atoms with Crippen LogP contribution in [0.2, 0.25) is 0 Å². The van der Waals surface area contributed by atoms with E-state index in [4.69, 9.17) is 4.98 Å². The number of aryl methyl sites for hydroxylation is 1. The van der Waals surface area contributed by atoms with Gasteiger partial charge in [0.25, 0.3) is 11.8 Å². The van der Waals surface area contributed by atoms with Gasteiger partial charge in [0, 0.05) is 26.2 Å². The van der Waals surface area contributed by atoms with E-state index >= 15 is 0 Å². The predicted molar refractivity (Wildman–Crippen MR) is 115 cm³/mol. The number of rotatable bonds is 7. The second kappa shape index (κ2) is 8.29. The van der Waals surface area contributed by atoms with Gasteiger partial charge in [-0.3, -0.25) is 24.3 Å². The summed E-state index contributed by atoms with van der Waals surface area (Å²) in [6.07, 6.45) is 2.22. The van der Waals surface area contributed by atoms with Gasteiger partial charge in [0.05, 0.1) is 22.6 Å². The van der Waals surface area contributed by atoms with Crippen molar-refractivity contribution in [1.29, 1.82) is 0 Å². The van der Waals surface area contributed by atoms with Gasteiger partial charge in [0.2, 0.25) is 5.91 Å². The molecule has 0 fully saturated rings. The number of hydrogen-bond acceptors (Lipinski definition) is 5. The van der Waals surface area contributed by atoms with Crippen molar-refractivity contribution in [3.05, 3.63) is 59.7 Å². The summed E-state index contributed by atoms with van der Waals surface area (Å²) in [5.41, 5.74) is 2.30. The molecule has 3 aromatic rings. The Hall–Kier alpha value is -3.55. The summed E-state index contributed by atoms with van der Waals surface area (Å²) in [7, 11) is 1.94. The van der Waals surface area contributed by atoms with E-state index in [-0.39, 0.29) is 36.2 Å². The Morgan fingerprint density at radius 3 is 2.58 bits per heavy atom. The number of carbonyl (C=O) groups excluding carboxylic acids is 3. The largest absolute Gasteiger partial charge is 0.346 e. The average Bonchev–Trinajstić information content (AvgIpc) is 3.21. The molecule has 0 unspecified atom stereocenters. The van der Waals surface area contributed by atoms with Crippen LogP contribution in [-0.4, -0.2) is 43.7 Å². The van der Waals surface area contributed by atoms with E-state index in [0.717, 1.165) is 28.2 Å². The smallest absolute Gasteiger partial charge is 0.280 e. The van der Waals surface area contributed by atoms with Crippen molar-refractivity contribution in [2.45, 2.75) is 32.7 Å². The molecule has 1 N–H and O–H groups in total. The topological polar surface area (TPSA) is 97.2 Å². The maximum atomic E-state index is 12.8. The van der Waals surface area contributed by atoms with Gasteiger partial charge in [-0.25, -0.2) is 4.98 Å². The highest BCUT2D eigenvalue weighted by molar-refractivity contribution is 6.20. The molecule has 3 amide bonds. The molecule has 8 nitrogen and oxygen atoms in total.